The van der Waals surface area contributed by atoms with E-state index in [0.29, 0.717) is 26.1 Å². The number of amides is 1. The van der Waals surface area contributed by atoms with Crippen molar-refractivity contribution in [2.75, 3.05) is 11.9 Å². The van der Waals surface area contributed by atoms with E-state index in [9.17, 15) is 4.79 Å². The zero-order chi connectivity index (χ0) is 16.6. The number of benzene rings is 2. The summed E-state index contributed by atoms with van der Waals surface area (Å²) in [5, 5.41) is 3.95. The summed E-state index contributed by atoms with van der Waals surface area (Å²) < 4.78 is 5.60. The molecule has 1 heterocycles. The lowest BCUT2D eigenvalue weighted by Crippen LogP contribution is -2.12. The third kappa shape index (κ3) is 4.40. The Bertz CT molecular complexity index is 798. The van der Waals surface area contributed by atoms with Gasteiger partial charge in [0.2, 0.25) is 5.91 Å². The molecule has 0 saturated heterocycles. The number of anilines is 1. The van der Waals surface area contributed by atoms with E-state index in [-0.39, 0.29) is 5.91 Å². The molecular weight excluding hydrogens is 300 g/mol. The van der Waals surface area contributed by atoms with Crippen molar-refractivity contribution in [1.82, 2.24) is 4.98 Å². The second-order valence-electron chi connectivity index (χ2n) is 5.57. The molecule has 0 spiro atoms. The predicted molar refractivity (Wildman–Crippen MR) is 95.7 cm³/mol. The molecule has 4 heteroatoms. The topological polar surface area (TPSA) is 51.2 Å². The van der Waals surface area contributed by atoms with Crippen LogP contribution >= 0.6 is 0 Å². The lowest BCUT2D eigenvalue weighted by molar-refractivity contribution is -0.116. The third-order valence-corrected chi connectivity index (χ3v) is 3.71. The molecule has 0 aliphatic carbocycles. The Morgan fingerprint density at radius 1 is 1.00 bits per heavy atom. The zero-order valence-electron chi connectivity index (χ0n) is 13.4. The summed E-state index contributed by atoms with van der Waals surface area (Å²) in [5.74, 6) is -0.0172. The average Bonchev–Trinajstić information content (AvgIpc) is 2.63. The van der Waals surface area contributed by atoms with Gasteiger partial charge in [-0.1, -0.05) is 48.5 Å². The lowest BCUT2D eigenvalue weighted by Gasteiger charge is -2.08. The van der Waals surface area contributed by atoms with Gasteiger partial charge in [-0.25, -0.2) is 0 Å². The first-order chi connectivity index (χ1) is 11.8. The number of pyridine rings is 1. The van der Waals surface area contributed by atoms with Crippen LogP contribution in [-0.4, -0.2) is 17.5 Å². The number of aromatic nitrogens is 1. The van der Waals surface area contributed by atoms with Gasteiger partial charge in [0.15, 0.2) is 0 Å². The molecule has 1 aromatic heterocycles. The van der Waals surface area contributed by atoms with E-state index in [0.717, 1.165) is 22.2 Å². The molecule has 1 amide bonds. The molecule has 0 bridgehead atoms. The monoisotopic (exact) mass is 320 g/mol. The number of fused-ring (bicyclic) bond motifs is 1. The molecule has 2 aromatic carbocycles. The van der Waals surface area contributed by atoms with Gasteiger partial charge in [-0.05, 0) is 24.1 Å². The first kappa shape index (κ1) is 16.1. The Labute approximate surface area is 141 Å². The van der Waals surface area contributed by atoms with Gasteiger partial charge in [-0.15, -0.1) is 0 Å². The number of nitrogens with one attached hydrogen (secondary N) is 1. The van der Waals surface area contributed by atoms with Crippen molar-refractivity contribution in [1.29, 1.82) is 0 Å². The van der Waals surface area contributed by atoms with Gasteiger partial charge < -0.3 is 10.1 Å². The second kappa shape index (κ2) is 8.22. The number of nitrogens with zero attached hydrogens (tertiary/aromatic N) is 1. The molecule has 3 rings (SSSR count). The molecular formula is C20H20N2O2. The maximum absolute atomic E-state index is 12.1. The standard InChI is InChI=1S/C20H20N2O2/c23-19(12-6-14-24-15-16-7-2-1-3-8-16)22-18-11-4-9-17-10-5-13-21-20(17)18/h1-5,7-11,13H,6,12,14-15H2,(H,22,23). The molecule has 1 N–H and O–H groups in total. The largest absolute Gasteiger partial charge is 0.377 e. The summed E-state index contributed by atoms with van der Waals surface area (Å²) in [5.41, 5.74) is 2.71. The van der Waals surface area contributed by atoms with E-state index < -0.39 is 0 Å². The van der Waals surface area contributed by atoms with Crippen molar-refractivity contribution in [2.45, 2.75) is 19.4 Å². The smallest absolute Gasteiger partial charge is 0.224 e. The highest BCUT2D eigenvalue weighted by Crippen LogP contribution is 2.20. The van der Waals surface area contributed by atoms with Gasteiger partial charge in [0, 0.05) is 24.6 Å². The summed E-state index contributed by atoms with van der Waals surface area (Å²) >= 11 is 0. The number of carbonyl (C=O) groups excluding carboxylic acids is 1. The van der Waals surface area contributed by atoms with Crippen molar-refractivity contribution < 1.29 is 9.53 Å². The minimum Gasteiger partial charge on any atom is -0.377 e. The van der Waals surface area contributed by atoms with E-state index in [1.165, 1.54) is 0 Å². The first-order valence-corrected chi connectivity index (χ1v) is 8.08. The van der Waals surface area contributed by atoms with Gasteiger partial charge >= 0.3 is 0 Å². The van der Waals surface area contributed by atoms with Crippen LogP contribution in [0, 0.1) is 0 Å². The number of ether oxygens (including phenoxy) is 1. The zero-order valence-corrected chi connectivity index (χ0v) is 13.4. The highest BCUT2D eigenvalue weighted by Gasteiger charge is 2.06. The first-order valence-electron chi connectivity index (χ1n) is 8.08. The molecule has 0 atom stereocenters. The number of carbonyl (C=O) groups is 1. The molecule has 0 unspecified atom stereocenters. The van der Waals surface area contributed by atoms with Crippen molar-refractivity contribution >= 4 is 22.5 Å². The predicted octanol–water partition coefficient (Wildman–Crippen LogP) is 4.17. The average molecular weight is 320 g/mol. The van der Waals surface area contributed by atoms with Crippen LogP contribution in [0.25, 0.3) is 10.9 Å². The number of hydrogen-bond acceptors (Lipinski definition) is 3. The second-order valence-corrected chi connectivity index (χ2v) is 5.57. The Morgan fingerprint density at radius 2 is 1.83 bits per heavy atom. The van der Waals surface area contributed by atoms with Gasteiger partial charge in [-0.2, -0.15) is 0 Å². The van der Waals surface area contributed by atoms with Crippen molar-refractivity contribution in [2.24, 2.45) is 0 Å². The van der Waals surface area contributed by atoms with Crippen molar-refractivity contribution in [3.8, 4) is 0 Å². The minimum atomic E-state index is -0.0172. The molecule has 0 radical (unpaired) electrons. The summed E-state index contributed by atoms with van der Waals surface area (Å²) in [6.45, 7) is 1.14. The Balaban J connectivity index is 1.44. The molecule has 4 nitrogen and oxygen atoms in total. The fourth-order valence-electron chi connectivity index (χ4n) is 2.52. The number of para-hydroxylation sites is 1. The van der Waals surface area contributed by atoms with Crippen LogP contribution in [0.4, 0.5) is 5.69 Å². The molecule has 24 heavy (non-hydrogen) atoms. The van der Waals surface area contributed by atoms with Crippen LogP contribution in [0.1, 0.15) is 18.4 Å². The Hall–Kier alpha value is -2.72. The third-order valence-electron chi connectivity index (χ3n) is 3.71. The minimum absolute atomic E-state index is 0.0172. The van der Waals surface area contributed by atoms with Gasteiger partial charge in [-0.3, -0.25) is 9.78 Å². The van der Waals surface area contributed by atoms with Crippen LogP contribution in [0.2, 0.25) is 0 Å². The van der Waals surface area contributed by atoms with Crippen LogP contribution in [0.3, 0.4) is 0 Å². The summed E-state index contributed by atoms with van der Waals surface area (Å²) in [4.78, 5) is 16.4. The van der Waals surface area contributed by atoms with Gasteiger partial charge in [0.1, 0.15) is 0 Å². The van der Waals surface area contributed by atoms with Crippen LogP contribution in [0.15, 0.2) is 66.9 Å². The fourth-order valence-corrected chi connectivity index (χ4v) is 2.52. The van der Waals surface area contributed by atoms with Crippen LogP contribution in [0.5, 0.6) is 0 Å². The number of rotatable bonds is 7. The molecule has 0 fully saturated rings. The van der Waals surface area contributed by atoms with E-state index in [1.807, 2.05) is 60.7 Å². The quantitative estimate of drug-likeness (QED) is 0.665. The van der Waals surface area contributed by atoms with Gasteiger partial charge in [0.25, 0.3) is 0 Å². The van der Waals surface area contributed by atoms with Gasteiger partial charge in [0.05, 0.1) is 17.8 Å². The van der Waals surface area contributed by atoms with Crippen LogP contribution in [-0.2, 0) is 16.1 Å². The highest BCUT2D eigenvalue weighted by molar-refractivity contribution is 6.00. The van der Waals surface area contributed by atoms with Crippen LogP contribution < -0.4 is 5.32 Å². The SMILES string of the molecule is O=C(CCCOCc1ccccc1)Nc1cccc2cccnc12. The van der Waals surface area contributed by atoms with Crippen molar-refractivity contribution in [3.63, 3.8) is 0 Å². The van der Waals surface area contributed by atoms with E-state index in [1.54, 1.807) is 6.20 Å². The Kier molecular flexibility index (Phi) is 5.53. The maximum Gasteiger partial charge on any atom is 0.224 e. The maximum atomic E-state index is 12.1. The molecule has 0 aliphatic heterocycles. The molecule has 0 aliphatic rings. The lowest BCUT2D eigenvalue weighted by atomic mass is 10.2. The van der Waals surface area contributed by atoms with Crippen molar-refractivity contribution in [3.05, 3.63) is 72.4 Å². The van der Waals surface area contributed by atoms with E-state index in [2.05, 4.69) is 10.3 Å². The number of hydrogen-bond donors (Lipinski definition) is 1. The van der Waals surface area contributed by atoms with E-state index in [4.69, 9.17) is 4.74 Å². The molecule has 122 valence electrons. The molecule has 3 aromatic rings. The normalized spacial score (nSPS) is 10.7. The summed E-state index contributed by atoms with van der Waals surface area (Å²) in [6, 6.07) is 19.7. The van der Waals surface area contributed by atoms with E-state index >= 15 is 0 Å². The highest BCUT2D eigenvalue weighted by atomic mass is 16.5. The molecule has 0 saturated carbocycles. The summed E-state index contributed by atoms with van der Waals surface area (Å²) in [6.07, 6.45) is 2.85. The Morgan fingerprint density at radius 3 is 2.71 bits per heavy atom. The fraction of sp³-hybridized carbons (Fsp3) is 0.200. The summed E-state index contributed by atoms with van der Waals surface area (Å²) in [7, 11) is 0.